The molecule has 0 N–H and O–H groups in total. The summed E-state index contributed by atoms with van der Waals surface area (Å²) in [5, 5.41) is 0.605. The van der Waals surface area contributed by atoms with Crippen molar-refractivity contribution < 1.29 is 9.59 Å². The van der Waals surface area contributed by atoms with E-state index in [2.05, 4.69) is 0 Å². The normalized spacial score (nSPS) is 16.1. The number of hydrogen-bond acceptors (Lipinski definition) is 4. The number of halogens is 1. The first-order chi connectivity index (χ1) is 11.5. The maximum Gasteiger partial charge on any atom is 0.270 e. The Hall–Kier alpha value is -1.95. The molecule has 6 heteroatoms. The monoisotopic (exact) mass is 373 g/mol. The van der Waals surface area contributed by atoms with Crippen LogP contribution >= 0.6 is 35.6 Å². The molecule has 0 aliphatic carbocycles. The van der Waals surface area contributed by atoms with Crippen molar-refractivity contribution >= 4 is 63.4 Å². The van der Waals surface area contributed by atoms with Gasteiger partial charge in [0.1, 0.15) is 0 Å². The summed E-state index contributed by atoms with van der Waals surface area (Å²) in [5.41, 5.74) is 1.97. The van der Waals surface area contributed by atoms with E-state index in [9.17, 15) is 9.59 Å². The Morgan fingerprint density at radius 3 is 2.67 bits per heavy atom. The van der Waals surface area contributed by atoms with Crippen molar-refractivity contribution in [1.29, 1.82) is 0 Å². The zero-order valence-corrected chi connectivity index (χ0v) is 15.0. The Bertz CT molecular complexity index is 892. The molecule has 0 spiro atoms. The van der Waals surface area contributed by atoms with E-state index < -0.39 is 0 Å². The Labute approximate surface area is 154 Å². The lowest BCUT2D eigenvalue weighted by molar-refractivity contribution is -0.113. The molecule has 1 amide bonds. The number of hydrogen-bond donors (Lipinski definition) is 0. The lowest BCUT2D eigenvalue weighted by Gasteiger charge is -2.15. The number of carbonyl (C=O) groups is 2. The molecule has 1 saturated heterocycles. The highest BCUT2D eigenvalue weighted by atomic mass is 35.5. The third-order valence-corrected chi connectivity index (χ3v) is 4.99. The van der Waals surface area contributed by atoms with Gasteiger partial charge >= 0.3 is 0 Å². The molecule has 0 radical (unpaired) electrons. The second-order valence-electron chi connectivity index (χ2n) is 5.18. The second kappa shape index (κ2) is 6.89. The first kappa shape index (κ1) is 16.9. The van der Waals surface area contributed by atoms with E-state index in [0.29, 0.717) is 25.5 Å². The zero-order chi connectivity index (χ0) is 17.3. The van der Waals surface area contributed by atoms with E-state index >= 15 is 0 Å². The summed E-state index contributed by atoms with van der Waals surface area (Å²) in [6.07, 6.45) is 1.76. The van der Waals surface area contributed by atoms with Gasteiger partial charge in [-0.15, -0.1) is 0 Å². The molecule has 0 aromatic heterocycles. The molecule has 0 atom stereocenters. The van der Waals surface area contributed by atoms with Gasteiger partial charge in [0.05, 0.1) is 10.6 Å². The topological polar surface area (TPSA) is 37.4 Å². The van der Waals surface area contributed by atoms with Crippen LogP contribution in [-0.4, -0.2) is 16.0 Å². The van der Waals surface area contributed by atoms with Crippen LogP contribution in [0.5, 0.6) is 0 Å². The molecule has 0 saturated carbocycles. The first-order valence-electron chi connectivity index (χ1n) is 7.10. The summed E-state index contributed by atoms with van der Waals surface area (Å²) in [4.78, 5) is 26.2. The van der Waals surface area contributed by atoms with E-state index in [1.54, 1.807) is 42.5 Å². The number of thioether (sulfide) groups is 1. The van der Waals surface area contributed by atoms with Crippen LogP contribution in [0.25, 0.3) is 6.08 Å². The van der Waals surface area contributed by atoms with Crippen molar-refractivity contribution in [2.75, 3.05) is 4.90 Å². The fourth-order valence-corrected chi connectivity index (χ4v) is 3.80. The SMILES string of the molecule is CC(=O)c1cccc(N2C(=O)/C(=C/c3cccc(Cl)c3)SC2=S)c1. The molecule has 1 heterocycles. The van der Waals surface area contributed by atoms with Gasteiger partial charge in [-0.25, -0.2) is 0 Å². The van der Waals surface area contributed by atoms with Crippen LogP contribution in [0.15, 0.2) is 53.4 Å². The van der Waals surface area contributed by atoms with Gasteiger partial charge in [0.2, 0.25) is 0 Å². The molecule has 2 aromatic carbocycles. The number of rotatable bonds is 3. The predicted octanol–water partition coefficient (Wildman–Crippen LogP) is 4.95. The van der Waals surface area contributed by atoms with Gasteiger partial charge in [-0.1, -0.05) is 59.8 Å². The molecule has 1 fully saturated rings. The van der Waals surface area contributed by atoms with Crippen LogP contribution in [0.3, 0.4) is 0 Å². The molecule has 1 aliphatic heterocycles. The number of amides is 1. The zero-order valence-electron chi connectivity index (χ0n) is 12.7. The van der Waals surface area contributed by atoms with E-state index in [0.717, 1.165) is 5.56 Å². The maximum atomic E-state index is 12.7. The molecule has 3 nitrogen and oxygen atoms in total. The number of thiocarbonyl (C=S) groups is 1. The van der Waals surface area contributed by atoms with Crippen LogP contribution in [0.4, 0.5) is 5.69 Å². The van der Waals surface area contributed by atoms with Crippen molar-refractivity contribution in [2.45, 2.75) is 6.92 Å². The van der Waals surface area contributed by atoms with Crippen LogP contribution in [0.2, 0.25) is 5.02 Å². The smallest absolute Gasteiger partial charge is 0.270 e. The number of benzene rings is 2. The Balaban J connectivity index is 1.95. The Morgan fingerprint density at radius 2 is 1.96 bits per heavy atom. The van der Waals surface area contributed by atoms with Gasteiger partial charge in [0.15, 0.2) is 10.1 Å². The van der Waals surface area contributed by atoms with E-state index in [1.807, 2.05) is 12.1 Å². The number of carbonyl (C=O) groups excluding carboxylic acids is 2. The van der Waals surface area contributed by atoms with Crippen molar-refractivity contribution in [3.05, 3.63) is 69.6 Å². The van der Waals surface area contributed by atoms with Gasteiger partial charge in [0.25, 0.3) is 5.91 Å². The van der Waals surface area contributed by atoms with E-state index in [-0.39, 0.29) is 11.7 Å². The van der Waals surface area contributed by atoms with Crippen LogP contribution in [-0.2, 0) is 4.79 Å². The summed E-state index contributed by atoms with van der Waals surface area (Å²) < 4.78 is 0.439. The third-order valence-electron chi connectivity index (χ3n) is 3.45. The molecule has 1 aliphatic rings. The Kier molecular flexibility index (Phi) is 4.85. The van der Waals surface area contributed by atoms with Crippen LogP contribution < -0.4 is 4.90 Å². The molecule has 0 unspecified atom stereocenters. The minimum atomic E-state index is -0.203. The van der Waals surface area contributed by atoms with Gasteiger partial charge < -0.3 is 0 Å². The van der Waals surface area contributed by atoms with Crippen molar-refractivity contribution in [2.24, 2.45) is 0 Å². The van der Waals surface area contributed by atoms with Crippen LogP contribution in [0.1, 0.15) is 22.8 Å². The molecular weight excluding hydrogens is 362 g/mol. The standard InChI is InChI=1S/C18H12ClNO2S2/c1-11(21)13-5-3-7-15(10-13)20-17(22)16(24-18(20)23)9-12-4-2-6-14(19)8-12/h2-10H,1H3/b16-9-. The largest absolute Gasteiger partial charge is 0.295 e. The van der Waals surface area contributed by atoms with E-state index in [1.165, 1.54) is 23.6 Å². The van der Waals surface area contributed by atoms with Crippen molar-refractivity contribution in [3.63, 3.8) is 0 Å². The molecule has 3 rings (SSSR count). The minimum absolute atomic E-state index is 0.0586. The number of anilines is 1. The Morgan fingerprint density at radius 1 is 1.21 bits per heavy atom. The van der Waals surface area contributed by atoms with Gasteiger partial charge in [0, 0.05) is 10.6 Å². The number of nitrogens with zero attached hydrogens (tertiary/aromatic N) is 1. The van der Waals surface area contributed by atoms with Crippen molar-refractivity contribution in [1.82, 2.24) is 0 Å². The second-order valence-corrected chi connectivity index (χ2v) is 7.29. The maximum absolute atomic E-state index is 12.7. The molecule has 0 bridgehead atoms. The highest BCUT2D eigenvalue weighted by Gasteiger charge is 2.33. The fourth-order valence-electron chi connectivity index (χ4n) is 2.30. The fraction of sp³-hybridized carbons (Fsp3) is 0.0556. The first-order valence-corrected chi connectivity index (χ1v) is 8.70. The van der Waals surface area contributed by atoms with Gasteiger partial charge in [-0.3, -0.25) is 14.5 Å². The van der Waals surface area contributed by atoms with Gasteiger partial charge in [-0.2, -0.15) is 0 Å². The summed E-state index contributed by atoms with van der Waals surface area (Å²) in [6, 6.07) is 14.1. The summed E-state index contributed by atoms with van der Waals surface area (Å²) in [6.45, 7) is 1.49. The number of Topliss-reactive ketones (excluding diaryl/α,β-unsaturated/α-hetero) is 1. The lowest BCUT2D eigenvalue weighted by atomic mass is 10.1. The molecular formula is C18H12ClNO2S2. The lowest BCUT2D eigenvalue weighted by Crippen LogP contribution is -2.27. The predicted molar refractivity (Wildman–Crippen MR) is 104 cm³/mol. The summed E-state index contributed by atoms with van der Waals surface area (Å²) in [7, 11) is 0. The minimum Gasteiger partial charge on any atom is -0.295 e. The van der Waals surface area contributed by atoms with Gasteiger partial charge in [-0.05, 0) is 42.8 Å². The quantitative estimate of drug-likeness (QED) is 0.433. The molecule has 120 valence electrons. The van der Waals surface area contributed by atoms with Crippen molar-refractivity contribution in [3.8, 4) is 0 Å². The average molecular weight is 374 g/mol. The third kappa shape index (κ3) is 3.43. The summed E-state index contributed by atoms with van der Waals surface area (Å²) >= 11 is 12.6. The molecule has 2 aromatic rings. The number of ketones is 1. The highest BCUT2D eigenvalue weighted by molar-refractivity contribution is 8.27. The van der Waals surface area contributed by atoms with Crippen LogP contribution in [0, 0.1) is 0 Å². The van der Waals surface area contributed by atoms with E-state index in [4.69, 9.17) is 23.8 Å². The molecule has 24 heavy (non-hydrogen) atoms. The average Bonchev–Trinajstić information content (AvgIpc) is 2.81. The highest BCUT2D eigenvalue weighted by Crippen LogP contribution is 2.36. The summed E-state index contributed by atoms with van der Waals surface area (Å²) in [5.74, 6) is -0.262.